The van der Waals surface area contributed by atoms with E-state index in [-0.39, 0.29) is 17.2 Å². The van der Waals surface area contributed by atoms with Crippen molar-refractivity contribution in [1.82, 2.24) is 0 Å². The van der Waals surface area contributed by atoms with Gasteiger partial charge in [0.05, 0.1) is 6.10 Å². The van der Waals surface area contributed by atoms with Crippen LogP contribution in [0.2, 0.25) is 18.1 Å². The smallest absolute Gasteiger partial charge is 0.192 e. The Bertz CT molecular complexity index is 255. The normalized spacial score (nSPS) is 18.4. The van der Waals surface area contributed by atoms with Crippen LogP contribution in [0.15, 0.2) is 5.11 Å². The van der Waals surface area contributed by atoms with Crippen LogP contribution in [0.1, 0.15) is 34.6 Å². The van der Waals surface area contributed by atoms with Crippen molar-refractivity contribution >= 4 is 8.32 Å². The van der Waals surface area contributed by atoms with Gasteiger partial charge < -0.3 is 9.63 Å². The number of azo groups is 1. The molecule has 0 aliphatic rings. The Morgan fingerprint density at radius 3 is 2.00 bits per heavy atom. The van der Waals surface area contributed by atoms with Gasteiger partial charge in [-0.15, -0.1) is 0 Å². The first-order chi connectivity index (χ1) is 6.97. The quantitative estimate of drug-likeness (QED) is 0.330. The van der Waals surface area contributed by atoms with E-state index >= 15 is 0 Å². The molecule has 0 aliphatic carbocycles. The van der Waals surface area contributed by atoms with Gasteiger partial charge in [-0.3, -0.25) is 0 Å². The molecule has 96 valence electrons. The zero-order valence-electron chi connectivity index (χ0n) is 11.9. The van der Waals surface area contributed by atoms with Crippen LogP contribution in [0.25, 0.3) is 0 Å². The first-order valence-electron chi connectivity index (χ1n) is 5.77. The van der Waals surface area contributed by atoms with Crippen molar-refractivity contribution in [3.05, 3.63) is 5.21 Å². The van der Waals surface area contributed by atoms with Crippen LogP contribution in [-0.2, 0) is 4.43 Å². The summed E-state index contributed by atoms with van der Waals surface area (Å²) >= 11 is 0. The zero-order chi connectivity index (χ0) is 13.1. The van der Waals surface area contributed by atoms with Crippen molar-refractivity contribution < 1.29 is 9.29 Å². The lowest BCUT2D eigenvalue weighted by Crippen LogP contribution is -2.45. The average molecular weight is 246 g/mol. The van der Waals surface area contributed by atoms with Crippen LogP contribution >= 0.6 is 0 Å². The SMILES string of the molecule is CC(N=[N+](C)[O-])C(C)O[Si](C)(C)C(C)(C)C. The lowest BCUT2D eigenvalue weighted by molar-refractivity contribution is -0.503. The van der Waals surface area contributed by atoms with Crippen LogP contribution < -0.4 is 0 Å². The fraction of sp³-hybridized carbons (Fsp3) is 1.00. The molecule has 0 radical (unpaired) electrons. The maximum atomic E-state index is 10.8. The summed E-state index contributed by atoms with van der Waals surface area (Å²) < 4.78 is 6.14. The predicted octanol–water partition coefficient (Wildman–Crippen LogP) is 3.38. The summed E-state index contributed by atoms with van der Waals surface area (Å²) in [6.07, 6.45) is -0.0164. The Hall–Kier alpha value is -0.423. The summed E-state index contributed by atoms with van der Waals surface area (Å²) in [6, 6.07) is -0.100. The third-order valence-electron chi connectivity index (χ3n) is 3.31. The molecule has 0 fully saturated rings. The second kappa shape index (κ2) is 5.27. The first kappa shape index (κ1) is 15.6. The van der Waals surface area contributed by atoms with E-state index in [9.17, 15) is 5.21 Å². The maximum Gasteiger partial charge on any atom is 0.192 e. The number of hydrogen-bond donors (Lipinski definition) is 0. The number of hydrogen-bond acceptors (Lipinski definition) is 3. The Morgan fingerprint density at radius 2 is 1.69 bits per heavy atom. The van der Waals surface area contributed by atoms with Crippen molar-refractivity contribution in [2.24, 2.45) is 5.11 Å². The fourth-order valence-corrected chi connectivity index (χ4v) is 2.57. The monoisotopic (exact) mass is 246 g/mol. The highest BCUT2D eigenvalue weighted by Gasteiger charge is 2.39. The number of hydroxylamine groups is 1. The molecular weight excluding hydrogens is 220 g/mol. The standard InChI is InChI=1S/C11H26N2O2Si/c1-9(12-13(6)14)10(2)15-16(7,8)11(3,4)5/h9-10H,1-8H3. The molecule has 0 aliphatic heterocycles. The second-order valence-corrected chi connectivity index (χ2v) is 10.7. The fourth-order valence-electron chi connectivity index (χ4n) is 1.09. The van der Waals surface area contributed by atoms with Crippen LogP contribution in [-0.4, -0.2) is 32.4 Å². The molecule has 0 spiro atoms. The molecule has 0 bridgehead atoms. The minimum Gasteiger partial charge on any atom is -0.600 e. The first-order valence-corrected chi connectivity index (χ1v) is 8.67. The molecule has 0 amide bonds. The summed E-state index contributed by atoms with van der Waals surface area (Å²) in [5.74, 6) is 0. The summed E-state index contributed by atoms with van der Waals surface area (Å²) in [5, 5.41) is 14.9. The molecule has 0 aromatic carbocycles. The summed E-state index contributed by atoms with van der Waals surface area (Å²) in [7, 11) is -0.364. The van der Waals surface area contributed by atoms with Gasteiger partial charge in [0.25, 0.3) is 0 Å². The van der Waals surface area contributed by atoms with Gasteiger partial charge in [0.15, 0.2) is 15.4 Å². The Morgan fingerprint density at radius 1 is 1.25 bits per heavy atom. The topological polar surface area (TPSA) is 47.7 Å². The Balaban J connectivity index is 4.57. The van der Waals surface area contributed by atoms with Crippen LogP contribution in [0.3, 0.4) is 0 Å². The molecule has 2 atom stereocenters. The molecule has 0 saturated heterocycles. The van der Waals surface area contributed by atoms with E-state index in [4.69, 9.17) is 4.43 Å². The second-order valence-electron chi connectivity index (χ2n) is 5.90. The summed E-state index contributed by atoms with van der Waals surface area (Å²) in [4.78, 5) is 0.607. The minimum atomic E-state index is -1.76. The summed E-state index contributed by atoms with van der Waals surface area (Å²) in [5.41, 5.74) is 0. The zero-order valence-corrected chi connectivity index (χ0v) is 12.9. The molecule has 0 heterocycles. The lowest BCUT2D eigenvalue weighted by atomic mass is 10.2. The lowest BCUT2D eigenvalue weighted by Gasteiger charge is -2.38. The molecule has 16 heavy (non-hydrogen) atoms. The molecule has 0 saturated carbocycles. The van der Waals surface area contributed by atoms with E-state index < -0.39 is 8.32 Å². The highest BCUT2D eigenvalue weighted by Crippen LogP contribution is 2.37. The van der Waals surface area contributed by atoms with Gasteiger partial charge in [0.1, 0.15) is 6.04 Å². The maximum absolute atomic E-state index is 10.8. The third kappa shape index (κ3) is 4.61. The Labute approximate surface area is 100 Å². The summed E-state index contributed by atoms with van der Waals surface area (Å²) in [6.45, 7) is 14.9. The van der Waals surface area contributed by atoms with E-state index in [1.807, 2.05) is 13.8 Å². The van der Waals surface area contributed by atoms with Crippen molar-refractivity contribution in [2.45, 2.75) is 64.9 Å². The van der Waals surface area contributed by atoms with Gasteiger partial charge >= 0.3 is 0 Å². The van der Waals surface area contributed by atoms with Gasteiger partial charge in [-0.1, -0.05) is 25.6 Å². The van der Waals surface area contributed by atoms with Gasteiger partial charge in [-0.25, -0.2) is 0 Å². The predicted molar refractivity (Wildman–Crippen MR) is 69.2 cm³/mol. The third-order valence-corrected chi connectivity index (χ3v) is 7.88. The van der Waals surface area contributed by atoms with Gasteiger partial charge in [-0.2, -0.15) is 0 Å². The van der Waals surface area contributed by atoms with E-state index in [0.29, 0.717) is 4.86 Å². The van der Waals surface area contributed by atoms with Crippen LogP contribution in [0.5, 0.6) is 0 Å². The average Bonchev–Trinajstić information content (AvgIpc) is 1.99. The highest BCUT2D eigenvalue weighted by molar-refractivity contribution is 6.74. The molecule has 4 nitrogen and oxygen atoms in total. The van der Waals surface area contributed by atoms with E-state index in [2.05, 4.69) is 39.0 Å². The number of nitrogens with zero attached hydrogens (tertiary/aromatic N) is 2. The molecule has 0 aromatic heterocycles. The van der Waals surface area contributed by atoms with Crippen LogP contribution in [0, 0.1) is 5.21 Å². The molecular formula is C11H26N2O2Si. The largest absolute Gasteiger partial charge is 0.600 e. The number of rotatable bonds is 4. The molecule has 0 aromatic rings. The van der Waals surface area contributed by atoms with E-state index in [1.165, 1.54) is 7.05 Å². The van der Waals surface area contributed by atoms with Crippen molar-refractivity contribution in [3.8, 4) is 0 Å². The van der Waals surface area contributed by atoms with Crippen molar-refractivity contribution in [1.29, 1.82) is 0 Å². The Kier molecular flexibility index (Phi) is 5.13. The van der Waals surface area contributed by atoms with Crippen molar-refractivity contribution in [3.63, 3.8) is 0 Å². The van der Waals surface area contributed by atoms with Crippen molar-refractivity contribution in [2.75, 3.05) is 7.05 Å². The van der Waals surface area contributed by atoms with E-state index in [1.54, 1.807) is 0 Å². The van der Waals surface area contributed by atoms with E-state index in [0.717, 1.165) is 0 Å². The molecule has 0 rings (SSSR count). The highest BCUT2D eigenvalue weighted by atomic mass is 28.4. The van der Waals surface area contributed by atoms with Gasteiger partial charge in [0.2, 0.25) is 0 Å². The molecule has 0 N–H and O–H groups in total. The van der Waals surface area contributed by atoms with Gasteiger partial charge in [0, 0.05) is 0 Å². The van der Waals surface area contributed by atoms with Gasteiger partial charge in [-0.05, 0) is 37.1 Å². The van der Waals surface area contributed by atoms with Crippen LogP contribution in [0.4, 0.5) is 0 Å². The minimum absolute atomic E-state index is 0.0164. The molecule has 2 unspecified atom stereocenters. The molecule has 5 heteroatoms.